The fourth-order valence-corrected chi connectivity index (χ4v) is 3.25. The molecule has 1 fully saturated rings. The third-order valence-corrected chi connectivity index (χ3v) is 4.77. The third-order valence-electron chi connectivity index (χ3n) is 4.52. The van der Waals surface area contributed by atoms with Crippen LogP contribution in [0.15, 0.2) is 24.3 Å². The lowest BCUT2D eigenvalue weighted by atomic mass is 10.0. The molecule has 2 aromatic rings. The number of nitrogen functional groups attached to an aromatic ring is 1. The SMILES string of the molecule is CCc1nc(NC2CC(O)C(O)C(CO)O2)nc(N)c1-c1ccc(Cl)cc1. The molecule has 1 aliphatic heterocycles. The first-order valence-electron chi connectivity index (χ1n) is 8.74. The molecule has 1 aromatic heterocycles. The quantitative estimate of drug-likeness (QED) is 0.510. The number of ether oxygens (including phenoxy) is 1. The summed E-state index contributed by atoms with van der Waals surface area (Å²) >= 11 is 5.95. The van der Waals surface area contributed by atoms with Crippen LogP contribution in [0.2, 0.25) is 5.02 Å². The van der Waals surface area contributed by atoms with Gasteiger partial charge in [-0.05, 0) is 24.1 Å². The van der Waals surface area contributed by atoms with Gasteiger partial charge in [0.15, 0.2) is 0 Å². The van der Waals surface area contributed by atoms with Crippen molar-refractivity contribution >= 4 is 23.4 Å². The van der Waals surface area contributed by atoms with Gasteiger partial charge in [0.1, 0.15) is 24.3 Å². The molecule has 0 amide bonds. The van der Waals surface area contributed by atoms with E-state index in [1.54, 1.807) is 12.1 Å². The summed E-state index contributed by atoms with van der Waals surface area (Å²) in [6.07, 6.45) is -2.96. The second kappa shape index (κ2) is 8.37. The number of nitrogens with two attached hydrogens (primary N) is 1. The Bertz CT molecular complexity index is 790. The minimum Gasteiger partial charge on any atom is -0.394 e. The van der Waals surface area contributed by atoms with E-state index in [9.17, 15) is 15.3 Å². The Hall–Kier alpha value is -1.97. The number of nitrogens with zero attached hydrogens (tertiary/aromatic N) is 2. The Labute approximate surface area is 162 Å². The number of hydrogen-bond acceptors (Lipinski definition) is 8. The average Bonchev–Trinajstić information content (AvgIpc) is 2.65. The molecule has 4 unspecified atom stereocenters. The Morgan fingerprint density at radius 1 is 1.26 bits per heavy atom. The molecule has 1 aromatic carbocycles. The highest BCUT2D eigenvalue weighted by Gasteiger charge is 2.36. The second-order valence-electron chi connectivity index (χ2n) is 6.40. The highest BCUT2D eigenvalue weighted by molar-refractivity contribution is 6.30. The van der Waals surface area contributed by atoms with Crippen LogP contribution >= 0.6 is 11.6 Å². The lowest BCUT2D eigenvalue weighted by Crippen LogP contribution is -2.52. The Kier molecular flexibility index (Phi) is 6.13. The average molecular weight is 395 g/mol. The van der Waals surface area contributed by atoms with Crippen molar-refractivity contribution in [3.05, 3.63) is 35.0 Å². The summed E-state index contributed by atoms with van der Waals surface area (Å²) in [5.74, 6) is 0.564. The number of hydrogen-bond donors (Lipinski definition) is 5. The van der Waals surface area contributed by atoms with Crippen LogP contribution in [-0.4, -0.2) is 56.4 Å². The van der Waals surface area contributed by atoms with Gasteiger partial charge < -0.3 is 31.1 Å². The largest absolute Gasteiger partial charge is 0.394 e. The van der Waals surface area contributed by atoms with E-state index in [0.29, 0.717) is 17.3 Å². The third kappa shape index (κ3) is 4.31. The molecule has 146 valence electrons. The summed E-state index contributed by atoms with van der Waals surface area (Å²) < 4.78 is 5.56. The van der Waals surface area contributed by atoms with Gasteiger partial charge in [-0.3, -0.25) is 0 Å². The first kappa shape index (κ1) is 19.8. The van der Waals surface area contributed by atoms with Crippen molar-refractivity contribution in [3.8, 4) is 11.1 Å². The van der Waals surface area contributed by atoms with Crippen molar-refractivity contribution in [1.29, 1.82) is 0 Å². The lowest BCUT2D eigenvalue weighted by molar-refractivity contribution is -0.172. The van der Waals surface area contributed by atoms with Gasteiger partial charge in [-0.2, -0.15) is 4.98 Å². The highest BCUT2D eigenvalue weighted by atomic mass is 35.5. The normalized spacial score (nSPS) is 25.4. The highest BCUT2D eigenvalue weighted by Crippen LogP contribution is 2.30. The number of rotatable bonds is 5. The van der Waals surface area contributed by atoms with Gasteiger partial charge in [0.25, 0.3) is 0 Å². The van der Waals surface area contributed by atoms with Crippen LogP contribution in [0, 0.1) is 0 Å². The van der Waals surface area contributed by atoms with Gasteiger partial charge in [0, 0.05) is 17.0 Å². The van der Waals surface area contributed by atoms with E-state index >= 15 is 0 Å². The standard InChI is InChI=1S/C18H23ClN4O4/c1-2-11-15(9-3-5-10(19)6-4-9)17(20)23-18(21-11)22-14-7-12(25)16(26)13(8-24)27-14/h3-6,12-14,16,24-26H,2,7-8H2,1H3,(H3,20,21,22,23). The summed E-state index contributed by atoms with van der Waals surface area (Å²) in [4.78, 5) is 8.82. The van der Waals surface area contributed by atoms with Crippen molar-refractivity contribution in [3.63, 3.8) is 0 Å². The number of aromatic nitrogens is 2. The van der Waals surface area contributed by atoms with E-state index in [0.717, 1.165) is 16.8 Å². The van der Waals surface area contributed by atoms with E-state index in [4.69, 9.17) is 22.1 Å². The van der Waals surface area contributed by atoms with Gasteiger partial charge in [0.2, 0.25) is 5.95 Å². The monoisotopic (exact) mass is 394 g/mol. The van der Waals surface area contributed by atoms with Gasteiger partial charge in [-0.15, -0.1) is 0 Å². The fraction of sp³-hybridized carbons (Fsp3) is 0.444. The first-order chi connectivity index (χ1) is 12.9. The van der Waals surface area contributed by atoms with E-state index in [1.165, 1.54) is 0 Å². The molecule has 9 heteroatoms. The van der Waals surface area contributed by atoms with Crippen LogP contribution < -0.4 is 11.1 Å². The molecule has 6 N–H and O–H groups in total. The van der Waals surface area contributed by atoms with Gasteiger partial charge in [-0.25, -0.2) is 4.98 Å². The summed E-state index contributed by atoms with van der Waals surface area (Å²) in [5.41, 5.74) is 8.55. The van der Waals surface area contributed by atoms with Crippen molar-refractivity contribution in [2.75, 3.05) is 17.7 Å². The molecule has 0 spiro atoms. The molecule has 0 saturated carbocycles. The van der Waals surface area contributed by atoms with Crippen LogP contribution in [0.3, 0.4) is 0 Å². The Balaban J connectivity index is 1.85. The number of anilines is 2. The number of aliphatic hydroxyl groups is 3. The maximum atomic E-state index is 9.94. The minimum absolute atomic E-state index is 0.126. The number of aliphatic hydroxyl groups excluding tert-OH is 3. The minimum atomic E-state index is -1.14. The van der Waals surface area contributed by atoms with Crippen LogP contribution in [0.5, 0.6) is 0 Å². The van der Waals surface area contributed by atoms with Crippen molar-refractivity contribution < 1.29 is 20.1 Å². The van der Waals surface area contributed by atoms with Crippen molar-refractivity contribution in [1.82, 2.24) is 9.97 Å². The molecule has 1 saturated heterocycles. The van der Waals surface area contributed by atoms with Gasteiger partial charge >= 0.3 is 0 Å². The van der Waals surface area contributed by atoms with Crippen LogP contribution in [0.25, 0.3) is 11.1 Å². The van der Waals surface area contributed by atoms with E-state index in [1.807, 2.05) is 19.1 Å². The molecule has 2 heterocycles. The first-order valence-corrected chi connectivity index (χ1v) is 9.12. The summed E-state index contributed by atoms with van der Waals surface area (Å²) in [6, 6.07) is 7.27. The molecule has 4 atom stereocenters. The maximum Gasteiger partial charge on any atom is 0.226 e. The molecular formula is C18H23ClN4O4. The van der Waals surface area contributed by atoms with Crippen molar-refractivity contribution in [2.45, 2.75) is 44.3 Å². The molecule has 3 rings (SSSR count). The number of halogens is 1. The molecule has 0 bridgehead atoms. The summed E-state index contributed by atoms with van der Waals surface area (Å²) in [7, 11) is 0. The predicted molar refractivity (Wildman–Crippen MR) is 102 cm³/mol. The summed E-state index contributed by atoms with van der Waals surface area (Å²) in [6.45, 7) is 1.55. The Morgan fingerprint density at radius 2 is 1.96 bits per heavy atom. The number of aryl methyl sites for hydroxylation is 1. The zero-order valence-corrected chi connectivity index (χ0v) is 15.6. The van der Waals surface area contributed by atoms with Crippen molar-refractivity contribution in [2.24, 2.45) is 0 Å². The van der Waals surface area contributed by atoms with E-state index in [2.05, 4.69) is 15.3 Å². The molecule has 0 aliphatic carbocycles. The van der Waals surface area contributed by atoms with Gasteiger partial charge in [0.05, 0.1) is 18.4 Å². The predicted octanol–water partition coefficient (Wildman–Crippen LogP) is 1.18. The molecule has 1 aliphatic rings. The number of benzene rings is 1. The number of nitrogens with one attached hydrogen (secondary N) is 1. The van der Waals surface area contributed by atoms with E-state index in [-0.39, 0.29) is 12.4 Å². The lowest BCUT2D eigenvalue weighted by Gasteiger charge is -2.36. The molecule has 8 nitrogen and oxygen atoms in total. The summed E-state index contributed by atoms with van der Waals surface area (Å²) in [5, 5.41) is 32.6. The molecule has 0 radical (unpaired) electrons. The fourth-order valence-electron chi connectivity index (χ4n) is 3.12. The Morgan fingerprint density at radius 3 is 2.59 bits per heavy atom. The molecule has 27 heavy (non-hydrogen) atoms. The second-order valence-corrected chi connectivity index (χ2v) is 6.83. The maximum absolute atomic E-state index is 9.94. The van der Waals surface area contributed by atoms with E-state index < -0.39 is 31.1 Å². The zero-order valence-electron chi connectivity index (χ0n) is 14.8. The van der Waals surface area contributed by atoms with Crippen LogP contribution in [0.1, 0.15) is 19.0 Å². The molecular weight excluding hydrogens is 372 g/mol. The van der Waals surface area contributed by atoms with Crippen LogP contribution in [0.4, 0.5) is 11.8 Å². The topological polar surface area (TPSA) is 134 Å². The van der Waals surface area contributed by atoms with Crippen LogP contribution in [-0.2, 0) is 11.2 Å². The van der Waals surface area contributed by atoms with Gasteiger partial charge in [-0.1, -0.05) is 30.7 Å². The smallest absolute Gasteiger partial charge is 0.226 e. The zero-order chi connectivity index (χ0) is 19.6.